The number of pyridine rings is 1. The standard InChI is InChI=1S/C23H26F3N5O.C2H6O/c24-23(25,26)15-30-9-11-31(12-10-30)19-13-18(14-32)29-22(28-17-7-2-1-3-8-17)20(19)21(27)16-5-4-6-16;1-3-2/h1-3,7-8,13-14,16,27H,4-6,9-12,15H2,(H,28,29);1-2H3. The van der Waals surface area contributed by atoms with Gasteiger partial charge in [0.25, 0.3) is 0 Å². The number of carbonyl (C=O) groups excluding carboxylic acids is 1. The number of nitrogens with one attached hydrogen (secondary N) is 2. The molecule has 0 spiro atoms. The van der Waals surface area contributed by atoms with Gasteiger partial charge < -0.3 is 20.4 Å². The number of carbonyl (C=O) groups is 1. The van der Waals surface area contributed by atoms with Crippen LogP contribution < -0.4 is 10.2 Å². The summed E-state index contributed by atoms with van der Waals surface area (Å²) in [6.07, 6.45) is -0.639. The molecule has 7 nitrogen and oxygen atoms in total. The average Bonchev–Trinajstić information content (AvgIpc) is 2.78. The lowest BCUT2D eigenvalue weighted by molar-refractivity contribution is -0.146. The summed E-state index contributed by atoms with van der Waals surface area (Å²) in [5.74, 6) is 0.561. The summed E-state index contributed by atoms with van der Waals surface area (Å²) in [5.41, 5.74) is 2.79. The molecule has 0 amide bonds. The Kier molecular flexibility index (Phi) is 9.22. The van der Waals surface area contributed by atoms with E-state index in [1.165, 1.54) is 4.90 Å². The highest BCUT2D eigenvalue weighted by Crippen LogP contribution is 2.37. The second-order valence-electron chi connectivity index (χ2n) is 8.73. The first-order valence-electron chi connectivity index (χ1n) is 11.6. The number of para-hydroxylation sites is 1. The zero-order valence-electron chi connectivity index (χ0n) is 20.1. The number of ether oxygens (including phenoxy) is 1. The number of benzene rings is 1. The predicted molar refractivity (Wildman–Crippen MR) is 131 cm³/mol. The molecule has 4 rings (SSSR count). The van der Waals surface area contributed by atoms with Crippen LogP contribution in [0.2, 0.25) is 0 Å². The van der Waals surface area contributed by atoms with Gasteiger partial charge >= 0.3 is 6.18 Å². The monoisotopic (exact) mass is 491 g/mol. The van der Waals surface area contributed by atoms with Gasteiger partial charge in [0.15, 0.2) is 6.29 Å². The topological polar surface area (TPSA) is 81.6 Å². The van der Waals surface area contributed by atoms with Gasteiger partial charge in [0.05, 0.1) is 17.8 Å². The van der Waals surface area contributed by atoms with E-state index in [0.29, 0.717) is 42.2 Å². The van der Waals surface area contributed by atoms with E-state index < -0.39 is 12.7 Å². The zero-order valence-corrected chi connectivity index (χ0v) is 20.1. The minimum absolute atomic E-state index is 0.125. The van der Waals surface area contributed by atoms with Crippen LogP contribution in [0.5, 0.6) is 0 Å². The van der Waals surface area contributed by atoms with Crippen molar-refractivity contribution in [2.75, 3.05) is 57.2 Å². The molecule has 35 heavy (non-hydrogen) atoms. The summed E-state index contributed by atoms with van der Waals surface area (Å²) in [5, 5.41) is 12.1. The van der Waals surface area contributed by atoms with E-state index in [1.807, 2.05) is 35.2 Å². The lowest BCUT2D eigenvalue weighted by Crippen LogP contribution is -2.49. The fourth-order valence-electron chi connectivity index (χ4n) is 4.18. The first-order chi connectivity index (χ1) is 16.8. The minimum Gasteiger partial charge on any atom is -0.388 e. The summed E-state index contributed by atoms with van der Waals surface area (Å²) < 4.78 is 42.6. The molecule has 2 aromatic rings. The maximum Gasteiger partial charge on any atom is 0.401 e. The maximum atomic E-state index is 12.8. The van der Waals surface area contributed by atoms with E-state index in [-0.39, 0.29) is 24.7 Å². The van der Waals surface area contributed by atoms with Crippen molar-refractivity contribution in [3.05, 3.63) is 47.7 Å². The number of anilines is 3. The number of methoxy groups -OCH3 is 1. The summed E-state index contributed by atoms with van der Waals surface area (Å²) in [4.78, 5) is 19.5. The second kappa shape index (κ2) is 12.1. The molecule has 0 atom stereocenters. The Bertz CT molecular complexity index is 989. The van der Waals surface area contributed by atoms with Crippen LogP contribution >= 0.6 is 0 Å². The molecule has 1 saturated carbocycles. The van der Waals surface area contributed by atoms with Crippen LogP contribution in [-0.4, -0.2) is 75.0 Å². The third-order valence-corrected chi connectivity index (χ3v) is 6.07. The number of nitrogens with zero attached hydrogens (tertiary/aromatic N) is 3. The molecule has 1 aliphatic carbocycles. The second-order valence-corrected chi connectivity index (χ2v) is 8.73. The van der Waals surface area contributed by atoms with E-state index in [0.717, 1.165) is 24.9 Å². The average molecular weight is 492 g/mol. The summed E-state index contributed by atoms with van der Waals surface area (Å²) in [6.45, 7) is 0.358. The first-order valence-corrected chi connectivity index (χ1v) is 11.6. The molecular weight excluding hydrogens is 459 g/mol. The molecule has 1 aromatic heterocycles. The van der Waals surface area contributed by atoms with Crippen LogP contribution in [0.1, 0.15) is 35.3 Å². The van der Waals surface area contributed by atoms with Crippen molar-refractivity contribution in [2.45, 2.75) is 25.4 Å². The van der Waals surface area contributed by atoms with E-state index in [9.17, 15) is 18.0 Å². The van der Waals surface area contributed by atoms with Crippen molar-refractivity contribution in [3.8, 4) is 0 Å². The van der Waals surface area contributed by atoms with Crippen molar-refractivity contribution in [3.63, 3.8) is 0 Å². The van der Waals surface area contributed by atoms with Gasteiger partial charge in [-0.15, -0.1) is 0 Å². The molecule has 10 heteroatoms. The SMILES string of the molecule is COC.N=C(c1c(N2CCN(CC(F)(F)F)CC2)cc(C=O)nc1Nc1ccccc1)C1CCC1. The normalized spacial score (nSPS) is 16.7. The number of hydrogen-bond acceptors (Lipinski definition) is 7. The highest BCUT2D eigenvalue weighted by atomic mass is 19.4. The number of aromatic nitrogens is 1. The number of piperazine rings is 1. The van der Waals surface area contributed by atoms with E-state index in [2.05, 4.69) is 15.0 Å². The van der Waals surface area contributed by atoms with Crippen LogP contribution in [0, 0.1) is 11.3 Å². The van der Waals surface area contributed by atoms with E-state index >= 15 is 0 Å². The summed E-state index contributed by atoms with van der Waals surface area (Å²) >= 11 is 0. The molecule has 2 aliphatic rings. The lowest BCUT2D eigenvalue weighted by atomic mass is 9.79. The molecule has 2 N–H and O–H groups in total. The minimum atomic E-state index is -4.23. The van der Waals surface area contributed by atoms with Gasteiger partial charge in [-0.2, -0.15) is 13.2 Å². The maximum absolute atomic E-state index is 12.8. The molecule has 0 radical (unpaired) electrons. The summed E-state index contributed by atoms with van der Waals surface area (Å²) in [6, 6.07) is 11.1. The number of alkyl halides is 3. The zero-order chi connectivity index (χ0) is 25.4. The molecule has 2 fully saturated rings. The van der Waals surface area contributed by atoms with Crippen molar-refractivity contribution >= 4 is 29.2 Å². The smallest absolute Gasteiger partial charge is 0.388 e. The highest BCUT2D eigenvalue weighted by molar-refractivity contribution is 6.09. The predicted octanol–water partition coefficient (Wildman–Crippen LogP) is 4.75. The molecule has 0 bridgehead atoms. The molecule has 2 heterocycles. The summed E-state index contributed by atoms with van der Waals surface area (Å²) in [7, 11) is 3.25. The van der Waals surface area contributed by atoms with Gasteiger partial charge in [0, 0.05) is 57.7 Å². The fraction of sp³-hybridized carbons (Fsp3) is 0.480. The molecule has 1 aliphatic heterocycles. The molecule has 0 unspecified atom stereocenters. The van der Waals surface area contributed by atoms with Gasteiger partial charge in [0.2, 0.25) is 0 Å². The number of aldehydes is 1. The van der Waals surface area contributed by atoms with Crippen molar-refractivity contribution in [2.24, 2.45) is 5.92 Å². The van der Waals surface area contributed by atoms with Crippen molar-refractivity contribution < 1.29 is 22.7 Å². The first kappa shape index (κ1) is 26.6. The Morgan fingerprint density at radius 1 is 1.17 bits per heavy atom. The van der Waals surface area contributed by atoms with Gasteiger partial charge in [-0.25, -0.2) is 4.98 Å². The third-order valence-electron chi connectivity index (χ3n) is 6.07. The van der Waals surface area contributed by atoms with Crippen LogP contribution in [0.15, 0.2) is 36.4 Å². The van der Waals surface area contributed by atoms with Crippen molar-refractivity contribution in [1.29, 1.82) is 5.41 Å². The largest absolute Gasteiger partial charge is 0.401 e. The quantitative estimate of drug-likeness (QED) is 0.430. The van der Waals surface area contributed by atoms with Crippen molar-refractivity contribution in [1.82, 2.24) is 9.88 Å². The van der Waals surface area contributed by atoms with Crippen LogP contribution in [0.3, 0.4) is 0 Å². The Balaban J connectivity index is 0.00000108. The molecule has 1 aromatic carbocycles. The highest BCUT2D eigenvalue weighted by Gasteiger charge is 2.34. The van der Waals surface area contributed by atoms with Crippen LogP contribution in [0.4, 0.5) is 30.4 Å². The Labute approximate surface area is 203 Å². The van der Waals surface area contributed by atoms with Crippen LogP contribution in [0.25, 0.3) is 0 Å². The Hall–Kier alpha value is -2.98. The van der Waals surface area contributed by atoms with E-state index in [1.54, 1.807) is 20.3 Å². The Morgan fingerprint density at radius 2 is 1.80 bits per heavy atom. The van der Waals surface area contributed by atoms with Gasteiger partial charge in [-0.1, -0.05) is 24.6 Å². The number of rotatable bonds is 7. The fourth-order valence-corrected chi connectivity index (χ4v) is 4.18. The molecule has 1 saturated heterocycles. The molecular formula is C25H32F3N5O2. The number of halogens is 3. The number of hydrogen-bond donors (Lipinski definition) is 2. The third kappa shape index (κ3) is 7.25. The Morgan fingerprint density at radius 3 is 2.31 bits per heavy atom. The van der Waals surface area contributed by atoms with Crippen LogP contribution in [-0.2, 0) is 4.74 Å². The van der Waals surface area contributed by atoms with Gasteiger partial charge in [-0.3, -0.25) is 9.69 Å². The van der Waals surface area contributed by atoms with Gasteiger partial charge in [-0.05, 0) is 31.0 Å². The van der Waals surface area contributed by atoms with E-state index in [4.69, 9.17) is 5.41 Å². The molecule has 190 valence electrons. The van der Waals surface area contributed by atoms with Gasteiger partial charge in [0.1, 0.15) is 11.5 Å². The lowest BCUT2D eigenvalue weighted by Gasteiger charge is -2.38.